The SMILES string of the molecule is COC(=O)CNC(=O)c1cc(C(=O)NCc2ccc3c(c2)OCCO3)ncn1. The lowest BCUT2D eigenvalue weighted by molar-refractivity contribution is -0.139. The molecule has 1 aromatic heterocycles. The van der Waals surface area contributed by atoms with Gasteiger partial charge in [0.1, 0.15) is 37.5 Å². The Morgan fingerprint density at radius 1 is 1.00 bits per heavy atom. The summed E-state index contributed by atoms with van der Waals surface area (Å²) in [5.74, 6) is -0.392. The Kier molecular flexibility index (Phi) is 6.00. The van der Waals surface area contributed by atoms with Gasteiger partial charge >= 0.3 is 5.97 Å². The number of aromatic nitrogens is 2. The molecular weight excluding hydrogens is 368 g/mol. The largest absolute Gasteiger partial charge is 0.486 e. The van der Waals surface area contributed by atoms with Gasteiger partial charge in [-0.25, -0.2) is 9.97 Å². The summed E-state index contributed by atoms with van der Waals surface area (Å²) >= 11 is 0. The van der Waals surface area contributed by atoms with Crippen molar-refractivity contribution in [3.8, 4) is 11.5 Å². The first-order valence-corrected chi connectivity index (χ1v) is 8.40. The van der Waals surface area contributed by atoms with E-state index in [4.69, 9.17) is 9.47 Å². The summed E-state index contributed by atoms with van der Waals surface area (Å²) in [6.07, 6.45) is 1.10. The van der Waals surface area contributed by atoms with Crippen molar-refractivity contribution in [1.82, 2.24) is 20.6 Å². The first-order chi connectivity index (χ1) is 13.6. The smallest absolute Gasteiger partial charge is 0.325 e. The molecule has 2 aromatic rings. The number of hydrogen-bond acceptors (Lipinski definition) is 8. The van der Waals surface area contributed by atoms with Crippen molar-refractivity contribution in [2.24, 2.45) is 0 Å². The molecule has 2 N–H and O–H groups in total. The predicted molar refractivity (Wildman–Crippen MR) is 95.0 cm³/mol. The number of fused-ring (bicyclic) bond motifs is 1. The van der Waals surface area contributed by atoms with Crippen LogP contribution < -0.4 is 20.1 Å². The van der Waals surface area contributed by atoms with E-state index in [2.05, 4.69) is 25.3 Å². The van der Waals surface area contributed by atoms with Gasteiger partial charge in [0.2, 0.25) is 0 Å². The first kappa shape index (κ1) is 19.1. The zero-order valence-electron chi connectivity index (χ0n) is 15.1. The number of benzene rings is 1. The van der Waals surface area contributed by atoms with Crippen LogP contribution in [0, 0.1) is 0 Å². The number of carbonyl (C=O) groups excluding carboxylic acids is 3. The van der Waals surface area contributed by atoms with Crippen LogP contribution in [0.15, 0.2) is 30.6 Å². The number of nitrogens with zero attached hydrogens (tertiary/aromatic N) is 2. The molecule has 0 atom stereocenters. The summed E-state index contributed by atoms with van der Waals surface area (Å²) in [7, 11) is 1.21. The highest BCUT2D eigenvalue weighted by atomic mass is 16.6. The molecule has 0 saturated heterocycles. The Morgan fingerprint density at radius 2 is 1.68 bits per heavy atom. The van der Waals surface area contributed by atoms with Crippen LogP contribution in [0.25, 0.3) is 0 Å². The molecular formula is C18H18N4O6. The topological polar surface area (TPSA) is 129 Å². The van der Waals surface area contributed by atoms with Crippen LogP contribution in [0.5, 0.6) is 11.5 Å². The highest BCUT2D eigenvalue weighted by molar-refractivity contribution is 5.98. The molecule has 0 radical (unpaired) electrons. The molecule has 0 aliphatic carbocycles. The van der Waals surface area contributed by atoms with E-state index in [0.29, 0.717) is 24.7 Å². The Labute approximate surface area is 160 Å². The summed E-state index contributed by atoms with van der Waals surface area (Å²) in [6.45, 7) is 0.922. The Morgan fingerprint density at radius 3 is 2.39 bits per heavy atom. The van der Waals surface area contributed by atoms with Crippen LogP contribution in [0.1, 0.15) is 26.5 Å². The summed E-state index contributed by atoms with van der Waals surface area (Å²) < 4.78 is 15.4. The van der Waals surface area contributed by atoms with Crippen molar-refractivity contribution in [3.63, 3.8) is 0 Å². The van der Waals surface area contributed by atoms with Crippen LogP contribution in [-0.4, -0.2) is 54.6 Å². The summed E-state index contributed by atoms with van der Waals surface area (Å²) in [4.78, 5) is 43.1. The van der Waals surface area contributed by atoms with E-state index < -0.39 is 17.8 Å². The summed E-state index contributed by atoms with van der Waals surface area (Å²) in [6, 6.07) is 6.63. The maximum Gasteiger partial charge on any atom is 0.325 e. The van der Waals surface area contributed by atoms with Crippen molar-refractivity contribution in [3.05, 3.63) is 47.5 Å². The number of rotatable bonds is 6. The highest BCUT2D eigenvalue weighted by Gasteiger charge is 2.15. The maximum absolute atomic E-state index is 12.3. The molecule has 1 aliphatic rings. The third-order valence-corrected chi connectivity index (χ3v) is 3.81. The van der Waals surface area contributed by atoms with Crippen molar-refractivity contribution in [2.45, 2.75) is 6.54 Å². The van der Waals surface area contributed by atoms with Gasteiger partial charge in [-0.2, -0.15) is 0 Å². The zero-order chi connectivity index (χ0) is 19.9. The van der Waals surface area contributed by atoms with Gasteiger partial charge in [-0.15, -0.1) is 0 Å². The molecule has 146 valence electrons. The van der Waals surface area contributed by atoms with Crippen molar-refractivity contribution < 1.29 is 28.6 Å². The number of carbonyl (C=O) groups is 3. The van der Waals surface area contributed by atoms with Gasteiger partial charge < -0.3 is 24.8 Å². The molecule has 28 heavy (non-hydrogen) atoms. The van der Waals surface area contributed by atoms with E-state index in [-0.39, 0.29) is 24.5 Å². The van der Waals surface area contributed by atoms with Gasteiger partial charge in [0.15, 0.2) is 11.5 Å². The van der Waals surface area contributed by atoms with Gasteiger partial charge in [-0.3, -0.25) is 14.4 Å². The average Bonchev–Trinajstić information content (AvgIpc) is 2.75. The average molecular weight is 386 g/mol. The molecule has 2 amide bonds. The number of ether oxygens (including phenoxy) is 3. The molecule has 2 heterocycles. The lowest BCUT2D eigenvalue weighted by Crippen LogP contribution is -2.31. The second-order valence-electron chi connectivity index (χ2n) is 5.71. The minimum atomic E-state index is -0.617. The van der Waals surface area contributed by atoms with Gasteiger partial charge in [-0.05, 0) is 17.7 Å². The van der Waals surface area contributed by atoms with Crippen LogP contribution in [0.4, 0.5) is 0 Å². The molecule has 0 saturated carbocycles. The normalized spacial score (nSPS) is 12.0. The minimum Gasteiger partial charge on any atom is -0.486 e. The molecule has 0 bridgehead atoms. The molecule has 10 nitrogen and oxygen atoms in total. The molecule has 3 rings (SSSR count). The summed E-state index contributed by atoms with van der Waals surface area (Å²) in [5.41, 5.74) is 0.807. The number of nitrogens with one attached hydrogen (secondary N) is 2. The number of methoxy groups -OCH3 is 1. The standard InChI is InChI=1S/C18H18N4O6/c1-26-16(23)9-20-18(25)13-7-12(21-10-22-13)17(24)19-8-11-2-3-14-15(6-11)28-5-4-27-14/h2-3,6-7,10H,4-5,8-9H2,1H3,(H,19,24)(H,20,25). The molecule has 0 fully saturated rings. The molecule has 1 aliphatic heterocycles. The molecule has 1 aromatic carbocycles. The van der Waals surface area contributed by atoms with E-state index in [0.717, 1.165) is 11.9 Å². The van der Waals surface area contributed by atoms with E-state index in [9.17, 15) is 14.4 Å². The Bertz CT molecular complexity index is 901. The first-order valence-electron chi connectivity index (χ1n) is 8.40. The highest BCUT2D eigenvalue weighted by Crippen LogP contribution is 2.30. The minimum absolute atomic E-state index is 0.0239. The third-order valence-electron chi connectivity index (χ3n) is 3.81. The van der Waals surface area contributed by atoms with E-state index in [1.165, 1.54) is 13.2 Å². The van der Waals surface area contributed by atoms with E-state index in [1.807, 2.05) is 6.07 Å². The van der Waals surface area contributed by atoms with Crippen LogP contribution in [-0.2, 0) is 16.1 Å². The van der Waals surface area contributed by atoms with Crippen molar-refractivity contribution in [2.75, 3.05) is 26.9 Å². The van der Waals surface area contributed by atoms with Crippen molar-refractivity contribution >= 4 is 17.8 Å². The Hall–Kier alpha value is -3.69. The maximum atomic E-state index is 12.3. The van der Waals surface area contributed by atoms with E-state index in [1.54, 1.807) is 12.1 Å². The second kappa shape index (κ2) is 8.80. The fourth-order valence-electron chi connectivity index (χ4n) is 2.39. The van der Waals surface area contributed by atoms with Crippen molar-refractivity contribution in [1.29, 1.82) is 0 Å². The quantitative estimate of drug-likeness (QED) is 0.668. The van der Waals surface area contributed by atoms with Gasteiger partial charge in [-0.1, -0.05) is 6.07 Å². The van der Waals surface area contributed by atoms with Gasteiger partial charge in [0, 0.05) is 12.6 Å². The third kappa shape index (κ3) is 4.72. The summed E-state index contributed by atoms with van der Waals surface area (Å²) in [5, 5.41) is 5.06. The van der Waals surface area contributed by atoms with E-state index >= 15 is 0 Å². The lowest BCUT2D eigenvalue weighted by Gasteiger charge is -2.18. The monoisotopic (exact) mass is 386 g/mol. The number of esters is 1. The predicted octanol–water partition coefficient (Wildman–Crippen LogP) is 0.0806. The molecule has 10 heteroatoms. The second-order valence-corrected chi connectivity index (χ2v) is 5.71. The Balaban J connectivity index is 1.60. The lowest BCUT2D eigenvalue weighted by atomic mass is 10.2. The van der Waals surface area contributed by atoms with Gasteiger partial charge in [0.25, 0.3) is 11.8 Å². The fraction of sp³-hybridized carbons (Fsp3) is 0.278. The number of amides is 2. The van der Waals surface area contributed by atoms with Gasteiger partial charge in [0.05, 0.1) is 7.11 Å². The molecule has 0 unspecified atom stereocenters. The molecule has 0 spiro atoms. The van der Waals surface area contributed by atoms with Crippen LogP contribution >= 0.6 is 0 Å². The zero-order valence-corrected chi connectivity index (χ0v) is 15.1. The fourth-order valence-corrected chi connectivity index (χ4v) is 2.39. The number of hydrogen-bond donors (Lipinski definition) is 2. The van der Waals surface area contributed by atoms with Crippen LogP contribution in [0.2, 0.25) is 0 Å². The van der Waals surface area contributed by atoms with Crippen LogP contribution in [0.3, 0.4) is 0 Å².